The number of halogens is 1. The molecule has 0 bridgehead atoms. The number of hydrogen-bond acceptors (Lipinski definition) is 2. The molecule has 1 N–H and O–H groups in total. The van der Waals surface area contributed by atoms with Crippen molar-refractivity contribution in [1.82, 2.24) is 5.32 Å². The first kappa shape index (κ1) is 12.1. The Kier molecular flexibility index (Phi) is 3.79. The smallest absolute Gasteiger partial charge is 0.220 e. The molecule has 0 spiro atoms. The number of benzene rings is 1. The van der Waals surface area contributed by atoms with Crippen LogP contribution in [0.3, 0.4) is 0 Å². The van der Waals surface area contributed by atoms with E-state index in [2.05, 4.69) is 5.32 Å². The number of carbonyl (C=O) groups excluding carboxylic acids is 2. The molecule has 0 aliphatic carbocycles. The van der Waals surface area contributed by atoms with Gasteiger partial charge in [-0.25, -0.2) is 0 Å². The number of rotatable bonds is 2. The van der Waals surface area contributed by atoms with E-state index in [1.165, 1.54) is 0 Å². The molecule has 0 aromatic heterocycles. The van der Waals surface area contributed by atoms with E-state index >= 15 is 0 Å². The van der Waals surface area contributed by atoms with Gasteiger partial charge >= 0.3 is 0 Å². The predicted molar refractivity (Wildman–Crippen MR) is 66.2 cm³/mol. The van der Waals surface area contributed by atoms with Gasteiger partial charge in [0.05, 0.1) is 6.04 Å². The first-order valence-corrected chi connectivity index (χ1v) is 6.14. The molecular weight excluding hydrogens is 238 g/mol. The predicted octanol–water partition coefficient (Wildman–Crippen LogP) is 2.58. The minimum Gasteiger partial charge on any atom is -0.346 e. The highest BCUT2D eigenvalue weighted by atomic mass is 35.5. The average Bonchev–Trinajstić information content (AvgIpc) is 2.53. The minimum atomic E-state index is -0.400. The standard InChI is InChI=1S/C13H14ClNO2/c14-10-5-3-4-9(8-10)13(17)11-6-1-2-7-12(16)15-11/h3-5,8,11H,1-2,6-7H2,(H,15,16). The summed E-state index contributed by atoms with van der Waals surface area (Å²) in [4.78, 5) is 23.6. The molecule has 90 valence electrons. The topological polar surface area (TPSA) is 46.2 Å². The van der Waals surface area contributed by atoms with E-state index in [1.54, 1.807) is 24.3 Å². The van der Waals surface area contributed by atoms with Gasteiger partial charge in [-0.2, -0.15) is 0 Å². The summed E-state index contributed by atoms with van der Waals surface area (Å²) in [5.41, 5.74) is 0.560. The zero-order valence-corrected chi connectivity index (χ0v) is 10.2. The van der Waals surface area contributed by atoms with Crippen LogP contribution in [0, 0.1) is 0 Å². The Morgan fingerprint density at radius 1 is 1.35 bits per heavy atom. The van der Waals surface area contributed by atoms with Crippen molar-refractivity contribution in [2.75, 3.05) is 0 Å². The Bertz CT molecular complexity index is 445. The molecule has 1 aliphatic rings. The second-order valence-corrected chi connectivity index (χ2v) is 4.68. The number of ketones is 1. The molecular formula is C13H14ClNO2. The zero-order valence-electron chi connectivity index (χ0n) is 9.41. The maximum Gasteiger partial charge on any atom is 0.220 e. The minimum absolute atomic E-state index is 0.0390. The Morgan fingerprint density at radius 3 is 2.94 bits per heavy atom. The lowest BCUT2D eigenvalue weighted by Gasteiger charge is -2.14. The first-order valence-electron chi connectivity index (χ1n) is 5.76. The highest BCUT2D eigenvalue weighted by Crippen LogP contribution is 2.16. The van der Waals surface area contributed by atoms with Crippen molar-refractivity contribution in [3.8, 4) is 0 Å². The molecule has 1 aliphatic heterocycles. The molecule has 4 heteroatoms. The fourth-order valence-corrected chi connectivity index (χ4v) is 2.20. The Hall–Kier alpha value is -1.35. The first-order chi connectivity index (χ1) is 8.16. The SMILES string of the molecule is O=C1CCCCC(C(=O)c2cccc(Cl)c2)N1. The summed E-state index contributed by atoms with van der Waals surface area (Å²) in [6, 6.07) is 6.44. The van der Waals surface area contributed by atoms with Crippen LogP contribution >= 0.6 is 11.6 Å². The Morgan fingerprint density at radius 2 is 2.18 bits per heavy atom. The van der Waals surface area contributed by atoms with Crippen molar-refractivity contribution in [1.29, 1.82) is 0 Å². The molecule has 0 radical (unpaired) electrons. The third-order valence-corrected chi connectivity index (χ3v) is 3.14. The van der Waals surface area contributed by atoms with E-state index in [1.807, 2.05) is 0 Å². The third-order valence-electron chi connectivity index (χ3n) is 2.91. The largest absolute Gasteiger partial charge is 0.346 e. The Balaban J connectivity index is 2.16. The van der Waals surface area contributed by atoms with Gasteiger partial charge in [0.2, 0.25) is 5.91 Å². The second kappa shape index (κ2) is 5.32. The van der Waals surface area contributed by atoms with Crippen LogP contribution in [0.15, 0.2) is 24.3 Å². The van der Waals surface area contributed by atoms with Crippen LogP contribution in [-0.4, -0.2) is 17.7 Å². The van der Waals surface area contributed by atoms with Gasteiger partial charge in [-0.05, 0) is 25.0 Å². The van der Waals surface area contributed by atoms with Crippen LogP contribution in [0.2, 0.25) is 5.02 Å². The second-order valence-electron chi connectivity index (χ2n) is 4.24. The van der Waals surface area contributed by atoms with Crippen molar-refractivity contribution in [3.05, 3.63) is 34.9 Å². The fourth-order valence-electron chi connectivity index (χ4n) is 2.01. The van der Waals surface area contributed by atoms with Crippen LogP contribution in [0.4, 0.5) is 0 Å². The van der Waals surface area contributed by atoms with Crippen molar-refractivity contribution in [2.24, 2.45) is 0 Å². The fraction of sp³-hybridized carbons (Fsp3) is 0.385. The van der Waals surface area contributed by atoms with Gasteiger partial charge in [-0.15, -0.1) is 0 Å². The van der Waals surface area contributed by atoms with Crippen LogP contribution < -0.4 is 5.32 Å². The van der Waals surface area contributed by atoms with Gasteiger partial charge in [0.15, 0.2) is 5.78 Å². The van der Waals surface area contributed by atoms with E-state index in [0.717, 1.165) is 12.8 Å². The molecule has 1 aromatic carbocycles. The van der Waals surface area contributed by atoms with Crippen molar-refractivity contribution in [3.63, 3.8) is 0 Å². The lowest BCUT2D eigenvalue weighted by molar-refractivity contribution is -0.121. The highest BCUT2D eigenvalue weighted by molar-refractivity contribution is 6.31. The van der Waals surface area contributed by atoms with E-state index in [0.29, 0.717) is 23.4 Å². The number of hydrogen-bond donors (Lipinski definition) is 1. The molecule has 0 saturated carbocycles. The molecule has 1 aromatic rings. The lowest BCUT2D eigenvalue weighted by atomic mass is 10.0. The van der Waals surface area contributed by atoms with Gasteiger partial charge in [0, 0.05) is 17.0 Å². The number of nitrogens with one attached hydrogen (secondary N) is 1. The van der Waals surface area contributed by atoms with Crippen molar-refractivity contribution in [2.45, 2.75) is 31.7 Å². The summed E-state index contributed by atoms with van der Waals surface area (Å²) in [7, 11) is 0. The molecule has 17 heavy (non-hydrogen) atoms. The summed E-state index contributed by atoms with van der Waals surface area (Å²) in [6.07, 6.45) is 2.97. The zero-order chi connectivity index (χ0) is 12.3. The van der Waals surface area contributed by atoms with Gasteiger partial charge < -0.3 is 5.32 Å². The lowest BCUT2D eigenvalue weighted by Crippen LogP contribution is -2.39. The maximum absolute atomic E-state index is 12.2. The van der Waals surface area contributed by atoms with E-state index in [9.17, 15) is 9.59 Å². The Labute approximate surface area is 105 Å². The molecule has 1 heterocycles. The van der Waals surface area contributed by atoms with Crippen LogP contribution in [0.25, 0.3) is 0 Å². The molecule has 3 nitrogen and oxygen atoms in total. The monoisotopic (exact) mass is 251 g/mol. The molecule has 2 rings (SSSR count). The number of Topliss-reactive ketones (excluding diaryl/α,β-unsaturated/α-hetero) is 1. The van der Waals surface area contributed by atoms with E-state index < -0.39 is 6.04 Å². The third kappa shape index (κ3) is 3.07. The molecule has 1 unspecified atom stereocenters. The van der Waals surface area contributed by atoms with Crippen molar-refractivity contribution < 1.29 is 9.59 Å². The van der Waals surface area contributed by atoms with Crippen LogP contribution in [0.5, 0.6) is 0 Å². The van der Waals surface area contributed by atoms with E-state index in [4.69, 9.17) is 11.6 Å². The summed E-state index contributed by atoms with van der Waals surface area (Å²) < 4.78 is 0. The maximum atomic E-state index is 12.2. The summed E-state index contributed by atoms with van der Waals surface area (Å²) >= 11 is 5.85. The number of amides is 1. The highest BCUT2D eigenvalue weighted by Gasteiger charge is 2.23. The quantitative estimate of drug-likeness (QED) is 0.822. The summed E-state index contributed by atoms with van der Waals surface area (Å²) in [5, 5.41) is 3.30. The summed E-state index contributed by atoms with van der Waals surface area (Å²) in [5.74, 6) is -0.0920. The summed E-state index contributed by atoms with van der Waals surface area (Å²) in [6.45, 7) is 0. The molecule has 1 amide bonds. The van der Waals surface area contributed by atoms with Gasteiger partial charge in [-0.1, -0.05) is 30.2 Å². The van der Waals surface area contributed by atoms with Crippen LogP contribution in [0.1, 0.15) is 36.0 Å². The molecule has 1 saturated heterocycles. The van der Waals surface area contributed by atoms with Gasteiger partial charge in [0.25, 0.3) is 0 Å². The normalized spacial score (nSPS) is 20.5. The van der Waals surface area contributed by atoms with Gasteiger partial charge in [0.1, 0.15) is 0 Å². The number of carbonyl (C=O) groups is 2. The molecule has 1 atom stereocenters. The molecule has 1 fully saturated rings. The van der Waals surface area contributed by atoms with E-state index in [-0.39, 0.29) is 11.7 Å². The van der Waals surface area contributed by atoms with Gasteiger partial charge in [-0.3, -0.25) is 9.59 Å². The van der Waals surface area contributed by atoms with Crippen molar-refractivity contribution >= 4 is 23.3 Å². The van der Waals surface area contributed by atoms with Crippen LogP contribution in [-0.2, 0) is 4.79 Å². The average molecular weight is 252 g/mol.